The number of halogens is 1. The van der Waals surface area contributed by atoms with E-state index >= 15 is 0 Å². The van der Waals surface area contributed by atoms with Gasteiger partial charge in [-0.3, -0.25) is 9.59 Å². The molecule has 1 unspecified atom stereocenters. The molecule has 2 aromatic carbocycles. The van der Waals surface area contributed by atoms with Crippen molar-refractivity contribution in [3.8, 4) is 0 Å². The predicted molar refractivity (Wildman–Crippen MR) is 135 cm³/mol. The molecule has 32 heavy (non-hydrogen) atoms. The number of aromatic nitrogens is 1. The van der Waals surface area contributed by atoms with Crippen LogP contribution in [0.15, 0.2) is 42.5 Å². The quantitative estimate of drug-likeness (QED) is 0.482. The Morgan fingerprint density at radius 2 is 1.94 bits per heavy atom. The number of carbonyl (C=O) groups excluding carboxylic acids is 2. The lowest BCUT2D eigenvalue weighted by molar-refractivity contribution is -0.131. The molecular formula is C24H26ClN3O2S2. The number of thiazole rings is 1. The van der Waals surface area contributed by atoms with Crippen molar-refractivity contribution in [1.29, 1.82) is 0 Å². The second-order valence-electron chi connectivity index (χ2n) is 8.13. The lowest BCUT2D eigenvalue weighted by atomic mass is 9.97. The van der Waals surface area contributed by atoms with Crippen LogP contribution < -0.4 is 5.32 Å². The molecule has 1 fully saturated rings. The van der Waals surface area contributed by atoms with Gasteiger partial charge in [-0.15, -0.1) is 23.1 Å². The molecule has 0 saturated carbocycles. The number of thioether (sulfide) groups is 1. The molecular weight excluding hydrogens is 462 g/mol. The summed E-state index contributed by atoms with van der Waals surface area (Å²) < 4.78 is 1.15. The van der Waals surface area contributed by atoms with E-state index in [-0.39, 0.29) is 22.8 Å². The third-order valence-electron chi connectivity index (χ3n) is 5.67. The van der Waals surface area contributed by atoms with Gasteiger partial charge >= 0.3 is 0 Å². The minimum Gasteiger partial charge on any atom is -0.342 e. The van der Waals surface area contributed by atoms with Crippen molar-refractivity contribution in [2.24, 2.45) is 0 Å². The van der Waals surface area contributed by atoms with Crippen molar-refractivity contribution >= 4 is 62.4 Å². The second kappa shape index (κ2) is 10.2. The Morgan fingerprint density at radius 3 is 2.66 bits per heavy atom. The van der Waals surface area contributed by atoms with Gasteiger partial charge in [0.1, 0.15) is 0 Å². The van der Waals surface area contributed by atoms with Crippen LogP contribution >= 0.6 is 34.7 Å². The average molecular weight is 488 g/mol. The Bertz CT molecular complexity index is 1110. The number of hydrogen-bond donors (Lipinski definition) is 1. The fraction of sp³-hybridized carbons (Fsp3) is 0.375. The molecule has 168 valence electrons. The van der Waals surface area contributed by atoms with Crippen molar-refractivity contribution < 1.29 is 9.59 Å². The molecule has 2 amide bonds. The number of nitrogens with one attached hydrogen (secondary N) is 1. The third kappa shape index (κ3) is 5.63. The van der Waals surface area contributed by atoms with Crippen molar-refractivity contribution in [3.63, 3.8) is 0 Å². The highest BCUT2D eigenvalue weighted by Crippen LogP contribution is 2.35. The van der Waals surface area contributed by atoms with Gasteiger partial charge in [-0.1, -0.05) is 29.3 Å². The molecule has 3 aromatic rings. The number of benzene rings is 2. The molecule has 4 rings (SSSR count). The topological polar surface area (TPSA) is 62.3 Å². The molecule has 0 bridgehead atoms. The highest BCUT2D eigenvalue weighted by Gasteiger charge is 2.28. The summed E-state index contributed by atoms with van der Waals surface area (Å²) in [4.78, 5) is 31.8. The Hall–Kier alpha value is -2.09. The Balaban J connectivity index is 1.25. The minimum atomic E-state index is -0.250. The first kappa shape index (κ1) is 23.1. The van der Waals surface area contributed by atoms with E-state index in [0.29, 0.717) is 10.9 Å². The number of amides is 2. The van der Waals surface area contributed by atoms with Gasteiger partial charge in [-0.05, 0) is 57.0 Å². The Morgan fingerprint density at radius 1 is 1.22 bits per heavy atom. The van der Waals surface area contributed by atoms with E-state index in [0.717, 1.165) is 52.4 Å². The maximum absolute atomic E-state index is 12.9. The van der Waals surface area contributed by atoms with Gasteiger partial charge in [0.25, 0.3) is 0 Å². The number of anilines is 1. The average Bonchev–Trinajstić information content (AvgIpc) is 3.22. The molecule has 1 aliphatic rings. The van der Waals surface area contributed by atoms with E-state index in [1.165, 1.54) is 11.8 Å². The van der Waals surface area contributed by atoms with Crippen LogP contribution in [0.25, 0.3) is 10.2 Å². The number of carbonyl (C=O) groups is 2. The summed E-state index contributed by atoms with van der Waals surface area (Å²) in [7, 11) is 0. The molecule has 1 aromatic heterocycles. The summed E-state index contributed by atoms with van der Waals surface area (Å²) in [5, 5.41) is 4.46. The molecule has 8 heteroatoms. The number of aryl methyl sites for hydroxylation is 1. The van der Waals surface area contributed by atoms with Crippen molar-refractivity contribution in [2.75, 3.05) is 24.2 Å². The van der Waals surface area contributed by atoms with E-state index in [1.807, 2.05) is 61.2 Å². The van der Waals surface area contributed by atoms with E-state index in [9.17, 15) is 9.59 Å². The van der Waals surface area contributed by atoms with Gasteiger partial charge in [0.15, 0.2) is 0 Å². The highest BCUT2D eigenvalue weighted by molar-refractivity contribution is 8.01. The molecule has 1 aliphatic heterocycles. The first-order chi connectivity index (χ1) is 15.4. The zero-order valence-corrected chi connectivity index (χ0v) is 20.5. The van der Waals surface area contributed by atoms with Crippen molar-refractivity contribution in [3.05, 3.63) is 58.1 Å². The number of nitrogens with zero attached hydrogens (tertiary/aromatic N) is 2. The van der Waals surface area contributed by atoms with Crippen LogP contribution in [0.3, 0.4) is 0 Å². The molecule has 2 heterocycles. The molecule has 1 atom stereocenters. The first-order valence-corrected chi connectivity index (χ1v) is 13.0. The van der Waals surface area contributed by atoms with Crippen LogP contribution in [0.2, 0.25) is 5.02 Å². The maximum Gasteiger partial charge on any atom is 0.235 e. The van der Waals surface area contributed by atoms with Gasteiger partial charge in [-0.25, -0.2) is 4.98 Å². The fourth-order valence-electron chi connectivity index (χ4n) is 3.80. The van der Waals surface area contributed by atoms with Crippen LogP contribution in [-0.2, 0) is 9.59 Å². The smallest absolute Gasteiger partial charge is 0.235 e. The SMILES string of the molecule is Cc1ccc(NC(=O)CSC(C)C(=O)N2CCC(c3nc4cc(Cl)ccc4s3)CC2)cc1. The monoisotopic (exact) mass is 487 g/mol. The van der Waals surface area contributed by atoms with Crippen LogP contribution in [0.4, 0.5) is 5.69 Å². The van der Waals surface area contributed by atoms with Crippen LogP contribution in [-0.4, -0.2) is 45.8 Å². The van der Waals surface area contributed by atoms with Gasteiger partial charge in [-0.2, -0.15) is 0 Å². The van der Waals surface area contributed by atoms with Crippen LogP contribution in [0, 0.1) is 6.92 Å². The summed E-state index contributed by atoms with van der Waals surface area (Å²) in [5.74, 6) is 0.644. The number of rotatable bonds is 6. The van der Waals surface area contributed by atoms with Crippen molar-refractivity contribution in [2.45, 2.75) is 37.9 Å². The van der Waals surface area contributed by atoms with Gasteiger partial charge in [0.05, 0.1) is 26.2 Å². The molecule has 0 aliphatic carbocycles. The number of piperidine rings is 1. The molecule has 0 spiro atoms. The Kier molecular flexibility index (Phi) is 7.38. The molecule has 0 radical (unpaired) electrons. The predicted octanol–water partition coefficient (Wildman–Crippen LogP) is 5.72. The zero-order chi connectivity index (χ0) is 22.7. The molecule has 1 saturated heterocycles. The zero-order valence-electron chi connectivity index (χ0n) is 18.1. The van der Waals surface area contributed by atoms with E-state index < -0.39 is 0 Å². The van der Waals surface area contributed by atoms with Gasteiger partial charge in [0, 0.05) is 29.7 Å². The van der Waals surface area contributed by atoms with E-state index in [4.69, 9.17) is 16.6 Å². The molecule has 5 nitrogen and oxygen atoms in total. The summed E-state index contributed by atoms with van der Waals surface area (Å²) in [6.45, 7) is 5.34. The van der Waals surface area contributed by atoms with Crippen LogP contribution in [0.5, 0.6) is 0 Å². The summed E-state index contributed by atoms with van der Waals surface area (Å²) in [6.07, 6.45) is 1.81. The summed E-state index contributed by atoms with van der Waals surface area (Å²) >= 11 is 9.19. The number of fused-ring (bicyclic) bond motifs is 1. The largest absolute Gasteiger partial charge is 0.342 e. The summed E-state index contributed by atoms with van der Waals surface area (Å²) in [6, 6.07) is 13.5. The lowest BCUT2D eigenvalue weighted by Crippen LogP contribution is -2.42. The van der Waals surface area contributed by atoms with Crippen molar-refractivity contribution in [1.82, 2.24) is 9.88 Å². The third-order valence-corrected chi connectivity index (χ3v) is 8.23. The van der Waals surface area contributed by atoms with Gasteiger partial charge in [0.2, 0.25) is 11.8 Å². The fourth-order valence-corrected chi connectivity index (χ4v) is 5.85. The first-order valence-electron chi connectivity index (χ1n) is 10.7. The highest BCUT2D eigenvalue weighted by atomic mass is 35.5. The Labute approximate surface area is 201 Å². The van der Waals surface area contributed by atoms with Gasteiger partial charge < -0.3 is 10.2 Å². The number of hydrogen-bond acceptors (Lipinski definition) is 5. The van der Waals surface area contributed by atoms with E-state index in [1.54, 1.807) is 11.3 Å². The molecule has 1 N–H and O–H groups in total. The standard InChI is InChI=1S/C24H26ClN3O2S2/c1-15-3-6-19(7-4-15)26-22(29)14-31-16(2)24(30)28-11-9-17(10-12-28)23-27-20-13-18(25)5-8-21(20)32-23/h3-8,13,16-17H,9-12,14H2,1-2H3,(H,26,29). The minimum absolute atomic E-state index is 0.0897. The maximum atomic E-state index is 12.9. The second-order valence-corrected chi connectivity index (χ2v) is 11.0. The van der Waals surface area contributed by atoms with Crippen LogP contribution in [0.1, 0.15) is 36.3 Å². The lowest BCUT2D eigenvalue weighted by Gasteiger charge is -2.32. The summed E-state index contributed by atoms with van der Waals surface area (Å²) in [5.41, 5.74) is 2.87. The normalized spacial score (nSPS) is 15.7. The number of likely N-dealkylation sites (tertiary alicyclic amines) is 1. The van der Waals surface area contributed by atoms with E-state index in [2.05, 4.69) is 5.32 Å².